The zero-order chi connectivity index (χ0) is 22.4. The number of para-hydroxylation sites is 1. The maximum absolute atomic E-state index is 13.5. The summed E-state index contributed by atoms with van der Waals surface area (Å²) in [5.74, 6) is 1.24. The van der Waals surface area contributed by atoms with Crippen molar-refractivity contribution in [1.82, 2.24) is 10.4 Å². The minimum Gasteiger partial charge on any atom is -0.497 e. The second-order valence-corrected chi connectivity index (χ2v) is 8.51. The van der Waals surface area contributed by atoms with Crippen LogP contribution in [0.2, 0.25) is 0 Å². The van der Waals surface area contributed by atoms with Crippen LogP contribution in [0, 0.1) is 0 Å². The summed E-state index contributed by atoms with van der Waals surface area (Å²) >= 11 is 0. The van der Waals surface area contributed by atoms with Gasteiger partial charge in [-0.1, -0.05) is 54.6 Å². The third kappa shape index (κ3) is 3.06. The van der Waals surface area contributed by atoms with Crippen molar-refractivity contribution in [2.45, 2.75) is 24.9 Å². The van der Waals surface area contributed by atoms with E-state index in [4.69, 9.17) is 9.73 Å². The number of ether oxygens (including phenoxy) is 1. The van der Waals surface area contributed by atoms with Crippen molar-refractivity contribution < 1.29 is 9.53 Å². The summed E-state index contributed by atoms with van der Waals surface area (Å²) in [6, 6.07) is 26.3. The first-order chi connectivity index (χ1) is 16.2. The molecule has 3 aromatic rings. The number of aryl methyl sites for hydroxylation is 1. The molecule has 1 fully saturated rings. The van der Waals surface area contributed by atoms with Crippen molar-refractivity contribution in [1.29, 1.82) is 0 Å². The van der Waals surface area contributed by atoms with Crippen LogP contribution in [0.5, 0.6) is 5.75 Å². The Kier molecular flexibility index (Phi) is 4.55. The Hall–Kier alpha value is -3.90. The van der Waals surface area contributed by atoms with Crippen LogP contribution in [-0.4, -0.2) is 24.0 Å². The summed E-state index contributed by atoms with van der Waals surface area (Å²) in [5.41, 5.74) is 7.84. The standard InChI is InChI=1S/C27H24N4O2/c1-33-22-15-13-19(14-16-22)18-24-25(32)31-26(28-24)30(21-10-3-2-4-11-21)27(29-31)17-7-9-20-8-5-6-12-23(20)27/h2-6,8,10-16,18,29H,7,9,17H2,1H3/b24-18-. The highest BCUT2D eigenvalue weighted by Crippen LogP contribution is 2.46. The molecule has 0 bridgehead atoms. The molecule has 1 atom stereocenters. The van der Waals surface area contributed by atoms with E-state index in [0.717, 1.165) is 36.3 Å². The van der Waals surface area contributed by atoms with Gasteiger partial charge < -0.3 is 4.74 Å². The highest BCUT2D eigenvalue weighted by Gasteiger charge is 2.55. The number of aliphatic imine (C=N–C) groups is 1. The number of nitrogens with zero attached hydrogens (tertiary/aromatic N) is 3. The number of hydrogen-bond donors (Lipinski definition) is 1. The van der Waals surface area contributed by atoms with Gasteiger partial charge in [-0.2, -0.15) is 5.43 Å². The molecule has 6 rings (SSSR count). The van der Waals surface area contributed by atoms with E-state index in [9.17, 15) is 4.79 Å². The summed E-state index contributed by atoms with van der Waals surface area (Å²) in [5, 5.41) is 1.62. The maximum atomic E-state index is 13.5. The number of hydrazine groups is 1. The van der Waals surface area contributed by atoms with Crippen molar-refractivity contribution >= 4 is 23.6 Å². The van der Waals surface area contributed by atoms with Crippen molar-refractivity contribution in [2.75, 3.05) is 12.0 Å². The van der Waals surface area contributed by atoms with Crippen LogP contribution in [0.15, 0.2) is 89.6 Å². The van der Waals surface area contributed by atoms with E-state index in [2.05, 4.69) is 46.7 Å². The first kappa shape index (κ1) is 19.8. The second-order valence-electron chi connectivity index (χ2n) is 8.51. The van der Waals surface area contributed by atoms with Gasteiger partial charge in [0.15, 0.2) is 0 Å². The smallest absolute Gasteiger partial charge is 0.294 e. The van der Waals surface area contributed by atoms with Gasteiger partial charge in [-0.15, -0.1) is 0 Å². The molecule has 0 saturated carbocycles. The van der Waals surface area contributed by atoms with E-state index in [-0.39, 0.29) is 5.91 Å². The zero-order valence-corrected chi connectivity index (χ0v) is 18.4. The first-order valence-electron chi connectivity index (χ1n) is 11.2. The fourth-order valence-electron chi connectivity index (χ4n) is 5.09. The maximum Gasteiger partial charge on any atom is 0.294 e. The lowest BCUT2D eigenvalue weighted by atomic mass is 9.82. The molecule has 3 aliphatic rings. The molecule has 6 heteroatoms. The van der Waals surface area contributed by atoms with Crippen LogP contribution in [0.3, 0.4) is 0 Å². The molecular weight excluding hydrogens is 412 g/mol. The Morgan fingerprint density at radius 1 is 1.00 bits per heavy atom. The van der Waals surface area contributed by atoms with Crippen LogP contribution in [0.25, 0.3) is 6.08 Å². The lowest BCUT2D eigenvalue weighted by molar-refractivity contribution is -0.125. The number of amides is 1. The Balaban J connectivity index is 1.48. The van der Waals surface area contributed by atoms with E-state index in [1.54, 1.807) is 12.1 Å². The summed E-state index contributed by atoms with van der Waals surface area (Å²) in [6.07, 6.45) is 4.75. The predicted molar refractivity (Wildman–Crippen MR) is 128 cm³/mol. The van der Waals surface area contributed by atoms with Crippen molar-refractivity contribution in [3.8, 4) is 5.75 Å². The van der Waals surface area contributed by atoms with Crippen molar-refractivity contribution in [2.24, 2.45) is 4.99 Å². The molecule has 33 heavy (non-hydrogen) atoms. The number of nitrogens with one attached hydrogen (secondary N) is 1. The largest absolute Gasteiger partial charge is 0.497 e. The molecule has 1 amide bonds. The minimum atomic E-state index is -0.545. The zero-order valence-electron chi connectivity index (χ0n) is 18.4. The molecule has 1 N–H and O–H groups in total. The normalized spacial score (nSPS) is 22.5. The predicted octanol–water partition coefficient (Wildman–Crippen LogP) is 4.45. The van der Waals surface area contributed by atoms with Gasteiger partial charge in [0.2, 0.25) is 5.96 Å². The highest BCUT2D eigenvalue weighted by atomic mass is 16.5. The monoisotopic (exact) mass is 436 g/mol. The summed E-state index contributed by atoms with van der Waals surface area (Å²) in [7, 11) is 1.64. The van der Waals surface area contributed by atoms with Crippen LogP contribution in [0.1, 0.15) is 29.5 Å². The third-order valence-corrected chi connectivity index (χ3v) is 6.60. The second kappa shape index (κ2) is 7.60. The van der Waals surface area contributed by atoms with Gasteiger partial charge in [0.05, 0.1) is 7.11 Å². The molecule has 0 aromatic heterocycles. The molecule has 3 aromatic carbocycles. The van der Waals surface area contributed by atoms with Gasteiger partial charge in [-0.3, -0.25) is 9.69 Å². The average Bonchev–Trinajstić information content (AvgIpc) is 3.33. The summed E-state index contributed by atoms with van der Waals surface area (Å²) in [6.45, 7) is 0. The van der Waals surface area contributed by atoms with Crippen molar-refractivity contribution in [3.05, 3.63) is 101 Å². The summed E-state index contributed by atoms with van der Waals surface area (Å²) < 4.78 is 5.24. The number of hydrogen-bond acceptors (Lipinski definition) is 5. The van der Waals surface area contributed by atoms with Crippen molar-refractivity contribution in [3.63, 3.8) is 0 Å². The summed E-state index contributed by atoms with van der Waals surface area (Å²) in [4.78, 5) is 20.5. The molecule has 6 nitrogen and oxygen atoms in total. The van der Waals surface area contributed by atoms with Crippen LogP contribution in [-0.2, 0) is 16.9 Å². The molecule has 2 heterocycles. The molecular formula is C27H24N4O2. The average molecular weight is 437 g/mol. The quantitative estimate of drug-likeness (QED) is 0.617. The highest BCUT2D eigenvalue weighted by molar-refractivity contribution is 6.19. The Bertz CT molecular complexity index is 1280. The number of carbonyl (C=O) groups is 1. The Morgan fingerprint density at radius 2 is 1.76 bits per heavy atom. The van der Waals surface area contributed by atoms with Gasteiger partial charge in [0, 0.05) is 5.69 Å². The first-order valence-corrected chi connectivity index (χ1v) is 11.2. The van der Waals surface area contributed by atoms with E-state index in [0.29, 0.717) is 11.7 Å². The molecule has 1 saturated heterocycles. The minimum absolute atomic E-state index is 0.151. The number of guanidine groups is 1. The SMILES string of the molecule is COc1ccc(/C=C2\N=C3N(NC4(CCCc5ccccc54)N3c3ccccc3)C2=O)cc1. The van der Waals surface area contributed by atoms with Gasteiger partial charge in [0.1, 0.15) is 17.1 Å². The van der Waals surface area contributed by atoms with Gasteiger partial charge >= 0.3 is 0 Å². The van der Waals surface area contributed by atoms with Gasteiger partial charge in [0.25, 0.3) is 5.91 Å². The molecule has 164 valence electrons. The van der Waals surface area contributed by atoms with Gasteiger partial charge in [-0.25, -0.2) is 10.0 Å². The van der Waals surface area contributed by atoms with Crippen LogP contribution in [0.4, 0.5) is 5.69 Å². The molecule has 0 radical (unpaired) electrons. The molecule has 1 aliphatic carbocycles. The van der Waals surface area contributed by atoms with E-state index >= 15 is 0 Å². The topological polar surface area (TPSA) is 57.2 Å². The third-order valence-electron chi connectivity index (χ3n) is 6.60. The van der Waals surface area contributed by atoms with E-state index in [1.165, 1.54) is 11.1 Å². The van der Waals surface area contributed by atoms with Crippen LogP contribution >= 0.6 is 0 Å². The Morgan fingerprint density at radius 3 is 2.55 bits per heavy atom. The number of methoxy groups -OCH3 is 1. The Labute approximate surface area is 192 Å². The fraction of sp³-hybridized carbons (Fsp3) is 0.185. The van der Waals surface area contributed by atoms with E-state index in [1.807, 2.05) is 48.5 Å². The number of rotatable bonds is 3. The number of anilines is 1. The van der Waals surface area contributed by atoms with Gasteiger partial charge in [-0.05, 0) is 66.3 Å². The molecule has 1 spiro atoms. The lowest BCUT2D eigenvalue weighted by Gasteiger charge is -2.42. The molecule has 2 aliphatic heterocycles. The van der Waals surface area contributed by atoms with Crippen LogP contribution < -0.4 is 15.1 Å². The van der Waals surface area contributed by atoms with E-state index < -0.39 is 5.66 Å². The lowest BCUT2D eigenvalue weighted by Crippen LogP contribution is -2.53. The number of fused-ring (bicyclic) bond motifs is 3. The molecule has 1 unspecified atom stereocenters. The number of carbonyl (C=O) groups excluding carboxylic acids is 1. The number of benzene rings is 3. The fourth-order valence-corrected chi connectivity index (χ4v) is 5.09.